The lowest BCUT2D eigenvalue weighted by Crippen LogP contribution is -2.20. The molecule has 110 valence electrons. The van der Waals surface area contributed by atoms with Gasteiger partial charge in [-0.15, -0.1) is 0 Å². The van der Waals surface area contributed by atoms with E-state index in [4.69, 9.17) is 40.2 Å². The Kier molecular flexibility index (Phi) is 5.28. The van der Waals surface area contributed by atoms with Crippen LogP contribution < -0.4 is 15.4 Å². The Hall–Kier alpha value is -1.49. The average Bonchev–Trinajstić information content (AvgIpc) is 2.43. The van der Waals surface area contributed by atoms with Gasteiger partial charge in [0.1, 0.15) is 5.75 Å². The van der Waals surface area contributed by atoms with E-state index in [-0.39, 0.29) is 0 Å². The summed E-state index contributed by atoms with van der Waals surface area (Å²) >= 11 is 17.5. The van der Waals surface area contributed by atoms with E-state index in [1.54, 1.807) is 31.4 Å². The van der Waals surface area contributed by atoms with Gasteiger partial charge in [0.05, 0.1) is 23.5 Å². The monoisotopic (exact) mass is 340 g/mol. The lowest BCUT2D eigenvalue weighted by molar-refractivity contribution is 0.417. The molecule has 0 fully saturated rings. The summed E-state index contributed by atoms with van der Waals surface area (Å²) in [7, 11) is 1.59. The highest BCUT2D eigenvalue weighted by molar-refractivity contribution is 7.80. The van der Waals surface area contributed by atoms with Gasteiger partial charge in [0.25, 0.3) is 0 Å². The van der Waals surface area contributed by atoms with E-state index in [0.29, 0.717) is 26.6 Å². The predicted molar refractivity (Wildman–Crippen MR) is 94.0 cm³/mol. The molecule has 3 nitrogen and oxygen atoms in total. The van der Waals surface area contributed by atoms with Gasteiger partial charge in [-0.1, -0.05) is 35.3 Å². The van der Waals surface area contributed by atoms with Crippen molar-refractivity contribution in [2.24, 2.45) is 0 Å². The van der Waals surface area contributed by atoms with Gasteiger partial charge in [-0.3, -0.25) is 0 Å². The molecule has 0 unspecified atom stereocenters. The molecule has 0 bridgehead atoms. The fourth-order valence-electron chi connectivity index (χ4n) is 1.84. The number of aryl methyl sites for hydroxylation is 1. The van der Waals surface area contributed by atoms with Crippen LogP contribution in [0.3, 0.4) is 0 Å². The molecular weight excluding hydrogens is 327 g/mol. The van der Waals surface area contributed by atoms with Crippen molar-refractivity contribution in [1.29, 1.82) is 0 Å². The summed E-state index contributed by atoms with van der Waals surface area (Å²) in [6.07, 6.45) is 0. The van der Waals surface area contributed by atoms with Crippen LogP contribution in [-0.4, -0.2) is 12.2 Å². The first-order chi connectivity index (χ1) is 10.0. The molecule has 0 amide bonds. The molecule has 21 heavy (non-hydrogen) atoms. The van der Waals surface area contributed by atoms with Gasteiger partial charge >= 0.3 is 0 Å². The summed E-state index contributed by atoms with van der Waals surface area (Å²) in [4.78, 5) is 0. The van der Waals surface area contributed by atoms with Gasteiger partial charge < -0.3 is 15.4 Å². The van der Waals surface area contributed by atoms with Gasteiger partial charge in [0.2, 0.25) is 0 Å². The minimum absolute atomic E-state index is 0.409. The Bertz CT molecular complexity index is 656. The first-order valence-electron chi connectivity index (χ1n) is 6.18. The number of methoxy groups -OCH3 is 1. The number of nitrogens with one attached hydrogen (secondary N) is 2. The van der Waals surface area contributed by atoms with Gasteiger partial charge in [-0.2, -0.15) is 0 Å². The van der Waals surface area contributed by atoms with E-state index in [9.17, 15) is 0 Å². The molecule has 0 saturated heterocycles. The zero-order chi connectivity index (χ0) is 15.4. The van der Waals surface area contributed by atoms with Crippen molar-refractivity contribution >= 4 is 51.9 Å². The molecule has 0 aliphatic heterocycles. The van der Waals surface area contributed by atoms with E-state index in [2.05, 4.69) is 10.6 Å². The molecule has 0 aliphatic rings. The minimum atomic E-state index is 0.409. The zero-order valence-corrected chi connectivity index (χ0v) is 13.9. The molecule has 0 heterocycles. The quantitative estimate of drug-likeness (QED) is 0.759. The van der Waals surface area contributed by atoms with Crippen molar-refractivity contribution in [3.8, 4) is 5.75 Å². The molecule has 0 atom stereocenters. The van der Waals surface area contributed by atoms with Gasteiger partial charge in [-0.25, -0.2) is 0 Å². The van der Waals surface area contributed by atoms with Crippen molar-refractivity contribution in [3.05, 3.63) is 52.0 Å². The Morgan fingerprint density at radius 2 is 1.90 bits per heavy atom. The number of halogens is 2. The third-order valence-electron chi connectivity index (χ3n) is 2.87. The van der Waals surface area contributed by atoms with Crippen LogP contribution in [0.4, 0.5) is 11.4 Å². The van der Waals surface area contributed by atoms with Crippen LogP contribution in [-0.2, 0) is 0 Å². The van der Waals surface area contributed by atoms with E-state index in [1.165, 1.54) is 0 Å². The van der Waals surface area contributed by atoms with E-state index >= 15 is 0 Å². The largest absolute Gasteiger partial charge is 0.495 e. The third kappa shape index (κ3) is 4.00. The highest BCUT2D eigenvalue weighted by Gasteiger charge is 2.09. The van der Waals surface area contributed by atoms with Crippen LogP contribution in [0, 0.1) is 6.92 Å². The Balaban J connectivity index is 2.17. The molecule has 6 heteroatoms. The van der Waals surface area contributed by atoms with Crippen LogP contribution in [0.25, 0.3) is 0 Å². The molecule has 0 aliphatic carbocycles. The Labute approximate surface area is 139 Å². The molecule has 2 aromatic carbocycles. The predicted octanol–water partition coefficient (Wildman–Crippen LogP) is 5.12. The fraction of sp³-hybridized carbons (Fsp3) is 0.133. The number of benzene rings is 2. The van der Waals surface area contributed by atoms with E-state index < -0.39 is 0 Å². The number of rotatable bonds is 3. The van der Waals surface area contributed by atoms with Crippen molar-refractivity contribution in [2.45, 2.75) is 6.92 Å². The molecule has 2 N–H and O–H groups in total. The molecule has 2 rings (SSSR count). The molecule has 0 aromatic heterocycles. The second-order valence-electron chi connectivity index (χ2n) is 4.36. The maximum absolute atomic E-state index is 6.16. The summed E-state index contributed by atoms with van der Waals surface area (Å²) < 4.78 is 5.26. The third-order valence-corrected chi connectivity index (χ3v) is 3.62. The normalized spacial score (nSPS) is 10.1. The highest BCUT2D eigenvalue weighted by Crippen LogP contribution is 2.29. The SMILES string of the molecule is COc1ccc(Cl)cc1NC(=S)Nc1c(C)cccc1Cl. The van der Waals surface area contributed by atoms with Crippen molar-refractivity contribution < 1.29 is 4.74 Å². The van der Waals surface area contributed by atoms with Gasteiger partial charge in [-0.05, 0) is 49.0 Å². The number of thiocarbonyl (C=S) groups is 1. The van der Waals surface area contributed by atoms with Gasteiger partial charge in [0, 0.05) is 5.02 Å². The van der Waals surface area contributed by atoms with Crippen molar-refractivity contribution in [3.63, 3.8) is 0 Å². The van der Waals surface area contributed by atoms with E-state index in [1.807, 2.05) is 19.1 Å². The summed E-state index contributed by atoms with van der Waals surface area (Å²) in [6, 6.07) is 10.9. The Morgan fingerprint density at radius 1 is 1.14 bits per heavy atom. The van der Waals surface area contributed by atoms with Crippen LogP contribution in [0.15, 0.2) is 36.4 Å². The number of hydrogen-bond donors (Lipinski definition) is 2. The topological polar surface area (TPSA) is 33.3 Å². The fourth-order valence-corrected chi connectivity index (χ4v) is 2.49. The van der Waals surface area contributed by atoms with Gasteiger partial charge in [0.15, 0.2) is 5.11 Å². The smallest absolute Gasteiger partial charge is 0.175 e. The molecule has 0 radical (unpaired) electrons. The number of hydrogen-bond acceptors (Lipinski definition) is 2. The van der Waals surface area contributed by atoms with Crippen LogP contribution in [0.2, 0.25) is 10.0 Å². The standard InChI is InChI=1S/C15H14Cl2N2OS/c1-9-4-3-5-11(17)14(9)19-15(21)18-12-8-10(16)6-7-13(12)20-2/h3-8H,1-2H3,(H2,18,19,21). The van der Waals surface area contributed by atoms with Crippen LogP contribution >= 0.6 is 35.4 Å². The first-order valence-corrected chi connectivity index (χ1v) is 7.34. The van der Waals surface area contributed by atoms with Crippen molar-refractivity contribution in [1.82, 2.24) is 0 Å². The molecular formula is C15H14Cl2N2OS. The second-order valence-corrected chi connectivity index (χ2v) is 5.61. The number of anilines is 2. The highest BCUT2D eigenvalue weighted by atomic mass is 35.5. The average molecular weight is 341 g/mol. The molecule has 2 aromatic rings. The second kappa shape index (κ2) is 6.98. The maximum atomic E-state index is 6.16. The first kappa shape index (κ1) is 15.9. The summed E-state index contributed by atoms with van der Waals surface area (Å²) in [5.74, 6) is 0.652. The molecule has 0 saturated carbocycles. The lowest BCUT2D eigenvalue weighted by Gasteiger charge is -2.15. The van der Waals surface area contributed by atoms with Crippen LogP contribution in [0.5, 0.6) is 5.75 Å². The Morgan fingerprint density at radius 3 is 2.57 bits per heavy atom. The summed E-state index contributed by atoms with van der Waals surface area (Å²) in [6.45, 7) is 1.96. The number of para-hydroxylation sites is 1. The summed E-state index contributed by atoms with van der Waals surface area (Å²) in [5, 5.41) is 7.76. The zero-order valence-electron chi connectivity index (χ0n) is 11.5. The summed E-state index contributed by atoms with van der Waals surface area (Å²) in [5.41, 5.74) is 2.47. The number of ether oxygens (including phenoxy) is 1. The lowest BCUT2D eigenvalue weighted by atomic mass is 10.2. The van der Waals surface area contributed by atoms with Crippen LogP contribution in [0.1, 0.15) is 5.56 Å². The van der Waals surface area contributed by atoms with E-state index in [0.717, 1.165) is 11.3 Å². The minimum Gasteiger partial charge on any atom is -0.495 e. The maximum Gasteiger partial charge on any atom is 0.175 e. The van der Waals surface area contributed by atoms with Crippen molar-refractivity contribution in [2.75, 3.05) is 17.7 Å². The molecule has 0 spiro atoms.